The van der Waals surface area contributed by atoms with Gasteiger partial charge >= 0.3 is 0 Å². The Morgan fingerprint density at radius 3 is 1.61 bits per heavy atom. The number of hydrogen-bond acceptors (Lipinski definition) is 2. The van der Waals surface area contributed by atoms with Crippen LogP contribution in [-0.4, -0.2) is 22.4 Å². The van der Waals surface area contributed by atoms with E-state index in [9.17, 15) is 0 Å². The first-order valence-corrected chi connectivity index (χ1v) is 13.5. The average molecular weight is 427 g/mol. The lowest BCUT2D eigenvalue weighted by Gasteiger charge is -2.35. The van der Waals surface area contributed by atoms with Gasteiger partial charge in [0.05, 0.1) is 0 Å². The molecule has 176 valence electrons. The Bertz CT molecular complexity index is 565. The van der Waals surface area contributed by atoms with Crippen LogP contribution in [0.3, 0.4) is 0 Å². The highest BCUT2D eigenvalue weighted by molar-refractivity contribution is 5.22. The molecule has 1 aliphatic rings. The highest BCUT2D eigenvalue weighted by Gasteiger charge is 2.28. The van der Waals surface area contributed by atoms with E-state index >= 15 is 0 Å². The molecule has 0 aliphatic carbocycles. The molecule has 2 rings (SSSR count). The van der Waals surface area contributed by atoms with Gasteiger partial charge in [-0.25, -0.2) is 0 Å². The summed E-state index contributed by atoms with van der Waals surface area (Å²) in [6.45, 7) is 8.04. The number of benzene rings is 1. The van der Waals surface area contributed by atoms with Gasteiger partial charge in [-0.1, -0.05) is 127 Å². The molecule has 1 aromatic carbocycles. The summed E-state index contributed by atoms with van der Waals surface area (Å²) >= 11 is 0. The summed E-state index contributed by atoms with van der Waals surface area (Å²) in [6, 6.07) is 11.5. The molecule has 0 radical (unpaired) electrons. The van der Waals surface area contributed by atoms with Gasteiger partial charge in [0, 0.05) is 25.0 Å². The van der Waals surface area contributed by atoms with Gasteiger partial charge in [0.15, 0.2) is 0 Å². The van der Waals surface area contributed by atoms with Crippen molar-refractivity contribution < 1.29 is 0 Å². The molecule has 0 spiro atoms. The van der Waals surface area contributed by atoms with Gasteiger partial charge in [0.25, 0.3) is 0 Å². The second-order valence-corrected chi connectivity index (χ2v) is 9.81. The lowest BCUT2D eigenvalue weighted by atomic mass is 10.0. The Morgan fingerprint density at radius 2 is 1.13 bits per heavy atom. The molecule has 2 heteroatoms. The maximum Gasteiger partial charge on any atom is 0.127 e. The first kappa shape index (κ1) is 25.8. The third kappa shape index (κ3) is 10.1. The summed E-state index contributed by atoms with van der Waals surface area (Å²) in [5, 5.41) is 0. The average Bonchev–Trinajstić information content (AvgIpc) is 3.21. The fourth-order valence-corrected chi connectivity index (χ4v) is 4.80. The van der Waals surface area contributed by atoms with E-state index in [1.54, 1.807) is 0 Å². The minimum atomic E-state index is 0.368. The molecule has 0 fully saturated rings. The number of unbranched alkanes of at least 4 members (excludes halogenated alkanes) is 14. The van der Waals surface area contributed by atoms with E-state index in [0.29, 0.717) is 12.2 Å². The quantitative estimate of drug-likeness (QED) is 0.216. The standard InChI is InChI=1S/C29H50N2/c1-4-5-6-7-8-9-10-11-12-13-14-15-16-17-21-24-30-25-26-31(27(2)3)29(30)28-22-19-18-20-23-28/h18-20,22-23,25-27,29H,4-17,21,24H2,1-3H3. The minimum absolute atomic E-state index is 0.368. The summed E-state index contributed by atoms with van der Waals surface area (Å²) in [5.74, 6) is 0. The van der Waals surface area contributed by atoms with Gasteiger partial charge in [0.2, 0.25) is 0 Å². The number of nitrogens with zero attached hydrogens (tertiary/aromatic N) is 2. The third-order valence-corrected chi connectivity index (χ3v) is 6.74. The summed E-state index contributed by atoms with van der Waals surface area (Å²) in [5.41, 5.74) is 1.40. The van der Waals surface area contributed by atoms with Crippen molar-refractivity contribution in [2.24, 2.45) is 0 Å². The molecule has 1 aromatic rings. The zero-order chi connectivity index (χ0) is 22.2. The zero-order valence-electron chi connectivity index (χ0n) is 20.9. The number of hydrogen-bond donors (Lipinski definition) is 0. The summed E-state index contributed by atoms with van der Waals surface area (Å²) < 4.78 is 0. The maximum absolute atomic E-state index is 2.54. The molecule has 0 amide bonds. The molecule has 0 saturated heterocycles. The molecule has 1 aliphatic heterocycles. The smallest absolute Gasteiger partial charge is 0.127 e. The normalized spacial score (nSPS) is 16.1. The van der Waals surface area contributed by atoms with Gasteiger partial charge in [-0.15, -0.1) is 0 Å². The second-order valence-electron chi connectivity index (χ2n) is 9.81. The second kappa shape index (κ2) is 16.2. The van der Waals surface area contributed by atoms with Crippen LogP contribution in [0.4, 0.5) is 0 Å². The van der Waals surface area contributed by atoms with E-state index in [4.69, 9.17) is 0 Å². The Labute approximate surface area is 194 Å². The van der Waals surface area contributed by atoms with Crippen LogP contribution < -0.4 is 0 Å². The van der Waals surface area contributed by atoms with E-state index < -0.39 is 0 Å². The van der Waals surface area contributed by atoms with Gasteiger partial charge in [-0.3, -0.25) is 0 Å². The molecular formula is C29H50N2. The van der Waals surface area contributed by atoms with Crippen molar-refractivity contribution in [2.45, 2.75) is 129 Å². The van der Waals surface area contributed by atoms with Crippen molar-refractivity contribution >= 4 is 0 Å². The van der Waals surface area contributed by atoms with E-state index in [2.05, 4.69) is 73.3 Å². The highest BCUT2D eigenvalue weighted by Crippen LogP contribution is 2.32. The molecule has 31 heavy (non-hydrogen) atoms. The van der Waals surface area contributed by atoms with E-state index in [0.717, 1.165) is 6.54 Å². The van der Waals surface area contributed by atoms with Crippen LogP contribution in [0.2, 0.25) is 0 Å². The molecular weight excluding hydrogens is 376 g/mol. The third-order valence-electron chi connectivity index (χ3n) is 6.74. The Balaban J connectivity index is 1.49. The first-order valence-electron chi connectivity index (χ1n) is 13.5. The van der Waals surface area contributed by atoms with Crippen LogP contribution in [-0.2, 0) is 0 Å². The fraction of sp³-hybridized carbons (Fsp3) is 0.724. The Morgan fingerprint density at radius 1 is 0.645 bits per heavy atom. The molecule has 1 heterocycles. The topological polar surface area (TPSA) is 6.48 Å². The monoisotopic (exact) mass is 426 g/mol. The Hall–Kier alpha value is -1.44. The van der Waals surface area contributed by atoms with Crippen LogP contribution in [0.5, 0.6) is 0 Å². The molecule has 0 bridgehead atoms. The number of rotatable bonds is 18. The van der Waals surface area contributed by atoms with Crippen LogP contribution >= 0.6 is 0 Å². The van der Waals surface area contributed by atoms with Gasteiger partial charge in [-0.05, 0) is 25.8 Å². The van der Waals surface area contributed by atoms with Crippen molar-refractivity contribution in [3.05, 3.63) is 48.3 Å². The van der Waals surface area contributed by atoms with Gasteiger partial charge < -0.3 is 9.80 Å². The van der Waals surface area contributed by atoms with Crippen molar-refractivity contribution in [3.8, 4) is 0 Å². The highest BCUT2D eigenvalue weighted by atomic mass is 15.4. The van der Waals surface area contributed by atoms with Crippen LogP contribution in [0.15, 0.2) is 42.7 Å². The summed E-state index contributed by atoms with van der Waals surface area (Å²) in [6.07, 6.45) is 26.4. The van der Waals surface area contributed by atoms with E-state index in [1.807, 2.05) is 0 Å². The van der Waals surface area contributed by atoms with Crippen LogP contribution in [0.1, 0.15) is 129 Å². The van der Waals surface area contributed by atoms with Crippen molar-refractivity contribution in [1.82, 2.24) is 9.80 Å². The van der Waals surface area contributed by atoms with E-state index in [1.165, 1.54) is 102 Å². The summed E-state index contributed by atoms with van der Waals surface area (Å²) in [4.78, 5) is 5.03. The van der Waals surface area contributed by atoms with Crippen molar-refractivity contribution in [1.29, 1.82) is 0 Å². The molecule has 0 saturated carbocycles. The minimum Gasteiger partial charge on any atom is -0.352 e. The molecule has 1 unspecified atom stereocenters. The molecule has 0 aromatic heterocycles. The fourth-order valence-electron chi connectivity index (χ4n) is 4.80. The van der Waals surface area contributed by atoms with Crippen LogP contribution in [0, 0.1) is 0 Å². The molecule has 2 nitrogen and oxygen atoms in total. The van der Waals surface area contributed by atoms with Gasteiger partial charge in [0.1, 0.15) is 6.17 Å². The van der Waals surface area contributed by atoms with Gasteiger partial charge in [-0.2, -0.15) is 0 Å². The van der Waals surface area contributed by atoms with E-state index in [-0.39, 0.29) is 0 Å². The summed E-state index contributed by atoms with van der Waals surface area (Å²) in [7, 11) is 0. The van der Waals surface area contributed by atoms with Crippen LogP contribution in [0.25, 0.3) is 0 Å². The maximum atomic E-state index is 2.54. The van der Waals surface area contributed by atoms with Crippen molar-refractivity contribution in [3.63, 3.8) is 0 Å². The Kier molecular flexibility index (Phi) is 13.5. The lowest BCUT2D eigenvalue weighted by Crippen LogP contribution is -2.35. The molecule has 1 atom stereocenters. The molecule has 0 N–H and O–H groups in total. The SMILES string of the molecule is CCCCCCCCCCCCCCCCCN1C=CN(C(C)C)C1c1ccccc1. The zero-order valence-corrected chi connectivity index (χ0v) is 20.9. The predicted molar refractivity (Wildman–Crippen MR) is 137 cm³/mol. The predicted octanol–water partition coefficient (Wildman–Crippen LogP) is 9.05. The largest absolute Gasteiger partial charge is 0.352 e. The van der Waals surface area contributed by atoms with Crippen molar-refractivity contribution in [2.75, 3.05) is 6.54 Å². The lowest BCUT2D eigenvalue weighted by molar-refractivity contribution is 0.126. The first-order chi connectivity index (χ1) is 15.2.